The molecule has 46 heavy (non-hydrogen) atoms. The van der Waals surface area contributed by atoms with Crippen LogP contribution in [0, 0.1) is 5.92 Å². The summed E-state index contributed by atoms with van der Waals surface area (Å²) >= 11 is 6.17. The number of ether oxygens (including phenoxy) is 1. The number of nitrogens with zero attached hydrogens (tertiary/aromatic N) is 2. The molecule has 244 valence electrons. The third kappa shape index (κ3) is 9.13. The Morgan fingerprint density at radius 3 is 2.30 bits per heavy atom. The third-order valence-electron chi connectivity index (χ3n) is 7.53. The molecule has 13 heteroatoms. The van der Waals surface area contributed by atoms with Crippen molar-refractivity contribution < 1.29 is 37.1 Å². The number of nitrogens with one attached hydrogen (secondary N) is 2. The molecule has 1 saturated heterocycles. The Morgan fingerprint density at radius 1 is 0.978 bits per heavy atom. The van der Waals surface area contributed by atoms with Gasteiger partial charge in [0.05, 0.1) is 18.8 Å². The van der Waals surface area contributed by atoms with Crippen LogP contribution < -0.4 is 10.6 Å². The maximum atomic E-state index is 14.2. The largest absolute Gasteiger partial charge is 0.452 e. The first kappa shape index (κ1) is 34.6. The molecule has 2 N–H and O–H groups in total. The number of carbonyl (C=O) groups is 4. The molecule has 3 amide bonds. The summed E-state index contributed by atoms with van der Waals surface area (Å²) in [5, 5.41) is 5.33. The zero-order valence-corrected chi connectivity index (χ0v) is 25.9. The van der Waals surface area contributed by atoms with E-state index < -0.39 is 59.8 Å². The molecule has 1 aliphatic heterocycles. The molecular formula is C33H34ClF3N4O5. The van der Waals surface area contributed by atoms with Crippen LogP contribution >= 0.6 is 11.6 Å². The van der Waals surface area contributed by atoms with Gasteiger partial charge >= 0.3 is 6.18 Å². The molecule has 0 aliphatic carbocycles. The number of Topliss-reactive ketones (excluding diaryl/α,β-unsaturated/α-hetero) is 1. The van der Waals surface area contributed by atoms with Crippen LogP contribution in [0.4, 0.5) is 13.2 Å². The van der Waals surface area contributed by atoms with Crippen LogP contribution in [0.2, 0.25) is 5.02 Å². The van der Waals surface area contributed by atoms with E-state index in [0.717, 1.165) is 5.56 Å². The lowest BCUT2D eigenvalue weighted by molar-refractivity contribution is -0.175. The van der Waals surface area contributed by atoms with Crippen molar-refractivity contribution in [2.75, 3.05) is 6.54 Å². The number of likely N-dealkylation sites (tertiary alicyclic amines) is 1. The summed E-state index contributed by atoms with van der Waals surface area (Å²) in [4.78, 5) is 58.4. The summed E-state index contributed by atoms with van der Waals surface area (Å²) in [5.74, 6) is -5.23. The Labute approximate surface area is 269 Å². The van der Waals surface area contributed by atoms with Crippen LogP contribution in [0.25, 0.3) is 0 Å². The van der Waals surface area contributed by atoms with Gasteiger partial charge < -0.3 is 20.3 Å². The predicted octanol–water partition coefficient (Wildman–Crippen LogP) is 4.53. The van der Waals surface area contributed by atoms with E-state index in [-0.39, 0.29) is 31.7 Å². The van der Waals surface area contributed by atoms with Crippen molar-refractivity contribution in [3.8, 4) is 0 Å². The minimum Gasteiger partial charge on any atom is -0.372 e. The summed E-state index contributed by atoms with van der Waals surface area (Å²) in [5.41, 5.74) is 1.50. The van der Waals surface area contributed by atoms with E-state index >= 15 is 0 Å². The summed E-state index contributed by atoms with van der Waals surface area (Å²) in [6.07, 6.45) is -4.49. The first-order chi connectivity index (χ1) is 21.8. The van der Waals surface area contributed by atoms with Gasteiger partial charge in [-0.05, 0) is 41.3 Å². The van der Waals surface area contributed by atoms with Gasteiger partial charge in [-0.25, -0.2) is 0 Å². The Kier molecular flexibility index (Phi) is 11.5. The molecule has 0 saturated carbocycles. The highest BCUT2D eigenvalue weighted by molar-refractivity contribution is 6.30. The molecule has 4 atom stereocenters. The van der Waals surface area contributed by atoms with Crippen LogP contribution in [-0.2, 0) is 32.1 Å². The molecule has 0 bridgehead atoms. The standard InChI is InChI=1S/C33H34ClF3N4O5/c1-20(2)28(29(42)33(35,36)37)40-31(44)27-17-24(46-19-21-9-4-3-5-10-21)18-41(27)32(45)26(16-22-11-8-12-23(34)15-22)39-30(43)25-13-6-7-14-38-25/h3-15,20,24,26-28H,16-19H2,1-2H3,(H,39,43)(H,40,44)/t24-,26+,27+,28+/m1/s1. The molecule has 0 spiro atoms. The smallest absolute Gasteiger partial charge is 0.372 e. The quantitative estimate of drug-likeness (QED) is 0.295. The Balaban J connectivity index is 1.63. The number of ketones is 1. The minimum absolute atomic E-state index is 0.0144. The molecule has 0 radical (unpaired) electrons. The highest BCUT2D eigenvalue weighted by atomic mass is 35.5. The van der Waals surface area contributed by atoms with Gasteiger partial charge in [-0.3, -0.25) is 24.2 Å². The number of benzene rings is 2. The lowest BCUT2D eigenvalue weighted by Crippen LogP contribution is -2.57. The average Bonchev–Trinajstić information content (AvgIpc) is 3.46. The average molecular weight is 659 g/mol. The predicted molar refractivity (Wildman–Crippen MR) is 164 cm³/mol. The number of carbonyl (C=O) groups excluding carboxylic acids is 4. The van der Waals surface area contributed by atoms with Gasteiger partial charge in [-0.2, -0.15) is 13.2 Å². The Morgan fingerprint density at radius 2 is 1.67 bits per heavy atom. The van der Waals surface area contributed by atoms with Crippen molar-refractivity contribution in [2.24, 2.45) is 5.92 Å². The maximum absolute atomic E-state index is 14.2. The number of amides is 3. The second-order valence-electron chi connectivity index (χ2n) is 11.3. The molecule has 2 heterocycles. The summed E-state index contributed by atoms with van der Waals surface area (Å²) < 4.78 is 46.2. The molecule has 1 fully saturated rings. The molecule has 0 unspecified atom stereocenters. The van der Waals surface area contributed by atoms with E-state index in [2.05, 4.69) is 15.6 Å². The molecule has 1 aromatic heterocycles. The zero-order valence-electron chi connectivity index (χ0n) is 25.2. The first-order valence-electron chi connectivity index (χ1n) is 14.7. The number of rotatable bonds is 12. The van der Waals surface area contributed by atoms with Crippen molar-refractivity contribution in [1.82, 2.24) is 20.5 Å². The van der Waals surface area contributed by atoms with E-state index in [4.69, 9.17) is 16.3 Å². The van der Waals surface area contributed by atoms with Crippen LogP contribution in [0.3, 0.4) is 0 Å². The summed E-state index contributed by atoms with van der Waals surface area (Å²) in [6, 6.07) is 16.2. The van der Waals surface area contributed by atoms with E-state index in [1.165, 1.54) is 31.0 Å². The van der Waals surface area contributed by atoms with Gasteiger partial charge in [0.25, 0.3) is 11.7 Å². The number of alkyl halides is 3. The second kappa shape index (κ2) is 15.3. The van der Waals surface area contributed by atoms with Crippen LogP contribution in [0.1, 0.15) is 41.9 Å². The highest BCUT2D eigenvalue weighted by Gasteiger charge is 2.48. The van der Waals surface area contributed by atoms with Gasteiger partial charge in [0.15, 0.2) is 0 Å². The number of pyridine rings is 1. The topological polar surface area (TPSA) is 118 Å². The minimum atomic E-state index is -5.17. The third-order valence-corrected chi connectivity index (χ3v) is 7.77. The number of hydrogen-bond donors (Lipinski definition) is 2. The van der Waals surface area contributed by atoms with E-state index in [1.54, 1.807) is 36.4 Å². The Bertz CT molecular complexity index is 1520. The van der Waals surface area contributed by atoms with Gasteiger partial charge in [0, 0.05) is 30.6 Å². The Hall–Kier alpha value is -4.29. The van der Waals surface area contributed by atoms with Gasteiger partial charge in [-0.1, -0.05) is 74.0 Å². The van der Waals surface area contributed by atoms with Gasteiger partial charge in [0.1, 0.15) is 17.8 Å². The fraction of sp³-hybridized carbons (Fsp3) is 0.364. The van der Waals surface area contributed by atoms with Gasteiger partial charge in [-0.15, -0.1) is 0 Å². The van der Waals surface area contributed by atoms with Crippen LogP contribution in [-0.4, -0.2) is 70.3 Å². The zero-order chi connectivity index (χ0) is 33.4. The first-order valence-corrected chi connectivity index (χ1v) is 15.0. The van der Waals surface area contributed by atoms with Crippen molar-refractivity contribution in [1.29, 1.82) is 0 Å². The maximum Gasteiger partial charge on any atom is 0.452 e. The van der Waals surface area contributed by atoms with Crippen molar-refractivity contribution in [2.45, 2.75) is 63.7 Å². The van der Waals surface area contributed by atoms with Crippen molar-refractivity contribution in [3.05, 3.63) is 101 Å². The van der Waals surface area contributed by atoms with Gasteiger partial charge in [0.2, 0.25) is 11.8 Å². The summed E-state index contributed by atoms with van der Waals surface area (Å²) in [7, 11) is 0. The van der Waals surface area contributed by atoms with Crippen molar-refractivity contribution in [3.63, 3.8) is 0 Å². The lowest BCUT2D eigenvalue weighted by Gasteiger charge is -2.30. The number of aromatic nitrogens is 1. The molecule has 3 aromatic rings. The molecule has 4 rings (SSSR count). The molecule has 2 aromatic carbocycles. The van der Waals surface area contributed by atoms with E-state index in [1.807, 2.05) is 30.3 Å². The number of hydrogen-bond acceptors (Lipinski definition) is 6. The monoisotopic (exact) mass is 658 g/mol. The van der Waals surface area contributed by atoms with Crippen molar-refractivity contribution >= 4 is 35.1 Å². The normalized spacial score (nSPS) is 17.8. The van der Waals surface area contributed by atoms with Crippen LogP contribution in [0.15, 0.2) is 79.0 Å². The van der Waals surface area contributed by atoms with Crippen LogP contribution in [0.5, 0.6) is 0 Å². The second-order valence-corrected chi connectivity index (χ2v) is 11.8. The highest BCUT2D eigenvalue weighted by Crippen LogP contribution is 2.26. The molecular weight excluding hydrogens is 625 g/mol. The lowest BCUT2D eigenvalue weighted by atomic mass is 9.98. The van der Waals surface area contributed by atoms with E-state index in [0.29, 0.717) is 10.6 Å². The molecule has 1 aliphatic rings. The van der Waals surface area contributed by atoms with E-state index in [9.17, 15) is 32.3 Å². The number of halogens is 4. The summed E-state index contributed by atoms with van der Waals surface area (Å²) in [6.45, 7) is 2.83. The fourth-order valence-corrected chi connectivity index (χ4v) is 5.40. The SMILES string of the molecule is CC(C)[C@H](NC(=O)[C@@H]1C[C@@H](OCc2ccccc2)CN1C(=O)[C@H](Cc1cccc(Cl)c1)NC(=O)c1ccccn1)C(=O)C(F)(F)F. The fourth-order valence-electron chi connectivity index (χ4n) is 5.19. The molecule has 9 nitrogen and oxygen atoms in total.